The minimum absolute atomic E-state index is 0.104. The molecule has 1 fully saturated rings. The molecule has 1 aromatic heterocycles. The number of hydrogen-bond donors (Lipinski definition) is 1. The molecule has 5 nitrogen and oxygen atoms in total. The molecule has 2 aromatic rings. The highest BCUT2D eigenvalue weighted by molar-refractivity contribution is 5.94. The molecule has 0 bridgehead atoms. The quantitative estimate of drug-likeness (QED) is 0.915. The maximum absolute atomic E-state index is 13.1. The molecule has 1 aliphatic carbocycles. The fraction of sp³-hybridized carbons (Fsp3) is 0.500. The summed E-state index contributed by atoms with van der Waals surface area (Å²) >= 11 is 0. The summed E-state index contributed by atoms with van der Waals surface area (Å²) in [5.41, 5.74) is 5.37. The summed E-state index contributed by atoms with van der Waals surface area (Å²) < 4.78 is 2.01. The third-order valence-corrected chi connectivity index (χ3v) is 5.29. The Morgan fingerprint density at radius 3 is 2.68 bits per heavy atom. The third kappa shape index (κ3) is 3.21. The highest BCUT2D eigenvalue weighted by Gasteiger charge is 2.28. The lowest BCUT2D eigenvalue weighted by Crippen LogP contribution is -2.35. The number of benzene rings is 1. The second kappa shape index (κ2) is 7.00. The minimum atomic E-state index is 0.104. The number of aromatic nitrogens is 2. The number of rotatable bonds is 2. The summed E-state index contributed by atoms with van der Waals surface area (Å²) in [5, 5.41) is 8.17. The summed E-state index contributed by atoms with van der Waals surface area (Å²) in [4.78, 5) is 15.1. The van der Waals surface area contributed by atoms with Crippen LogP contribution in [0, 0.1) is 6.92 Å². The van der Waals surface area contributed by atoms with E-state index in [0.717, 1.165) is 57.5 Å². The smallest absolute Gasteiger partial charge is 0.274 e. The summed E-state index contributed by atoms with van der Waals surface area (Å²) in [5.74, 6) is 0.104. The number of fused-ring (bicyclic) bond motifs is 1. The van der Waals surface area contributed by atoms with E-state index in [1.54, 1.807) is 0 Å². The molecule has 2 aliphatic rings. The number of amides is 1. The molecule has 0 spiro atoms. The standard InChI is InChI=1S/C20H26N4O/c1-15-7-9-16(10-8-15)24-18-6-3-2-5-17(18)19(22-24)20(25)23-13-4-11-21-12-14-23/h7-10,21H,2-6,11-14H2,1H3. The average molecular weight is 338 g/mol. The summed E-state index contributed by atoms with van der Waals surface area (Å²) in [6.07, 6.45) is 5.30. The number of nitrogens with one attached hydrogen (secondary N) is 1. The molecule has 0 radical (unpaired) electrons. The lowest BCUT2D eigenvalue weighted by molar-refractivity contribution is 0.0759. The highest BCUT2D eigenvalue weighted by Crippen LogP contribution is 2.28. The van der Waals surface area contributed by atoms with Crippen molar-refractivity contribution in [3.8, 4) is 5.69 Å². The maximum Gasteiger partial charge on any atom is 0.274 e. The van der Waals surface area contributed by atoms with Gasteiger partial charge in [0.05, 0.1) is 5.69 Å². The van der Waals surface area contributed by atoms with Gasteiger partial charge in [0.15, 0.2) is 5.69 Å². The molecule has 25 heavy (non-hydrogen) atoms. The van der Waals surface area contributed by atoms with E-state index in [4.69, 9.17) is 5.10 Å². The second-order valence-corrected chi connectivity index (χ2v) is 7.12. The van der Waals surface area contributed by atoms with Gasteiger partial charge >= 0.3 is 0 Å². The van der Waals surface area contributed by atoms with Crippen molar-refractivity contribution in [1.82, 2.24) is 20.0 Å². The molecule has 4 rings (SSSR count). The first-order valence-electron chi connectivity index (χ1n) is 9.42. The van der Waals surface area contributed by atoms with E-state index in [0.29, 0.717) is 5.69 Å². The van der Waals surface area contributed by atoms with Gasteiger partial charge in [-0.05, 0) is 57.7 Å². The Labute approximate surface area is 149 Å². The number of hydrogen-bond acceptors (Lipinski definition) is 3. The molecular weight excluding hydrogens is 312 g/mol. The van der Waals surface area contributed by atoms with Crippen LogP contribution in [0.5, 0.6) is 0 Å². The van der Waals surface area contributed by atoms with Gasteiger partial charge in [0, 0.05) is 30.9 Å². The molecule has 1 aromatic carbocycles. The van der Waals surface area contributed by atoms with Gasteiger partial charge in [0.1, 0.15) is 0 Å². The van der Waals surface area contributed by atoms with Gasteiger partial charge in [-0.3, -0.25) is 4.79 Å². The molecular formula is C20H26N4O. The van der Waals surface area contributed by atoms with E-state index in [2.05, 4.69) is 36.5 Å². The lowest BCUT2D eigenvalue weighted by atomic mass is 9.95. The number of carbonyl (C=O) groups excluding carboxylic acids is 1. The molecule has 1 saturated heterocycles. The van der Waals surface area contributed by atoms with Crippen LogP contribution in [0.25, 0.3) is 5.69 Å². The van der Waals surface area contributed by atoms with Crippen LogP contribution in [-0.4, -0.2) is 46.8 Å². The highest BCUT2D eigenvalue weighted by atomic mass is 16.2. The van der Waals surface area contributed by atoms with Crippen LogP contribution < -0.4 is 5.32 Å². The molecule has 132 valence electrons. The molecule has 1 amide bonds. The van der Waals surface area contributed by atoms with E-state index in [1.165, 1.54) is 23.2 Å². The monoisotopic (exact) mass is 338 g/mol. The predicted octanol–water partition coefficient (Wildman–Crippen LogP) is 2.50. The largest absolute Gasteiger partial charge is 0.336 e. The topological polar surface area (TPSA) is 50.2 Å². The first-order valence-corrected chi connectivity index (χ1v) is 9.42. The first kappa shape index (κ1) is 16.3. The Balaban J connectivity index is 1.72. The van der Waals surface area contributed by atoms with Crippen molar-refractivity contribution in [3.63, 3.8) is 0 Å². The van der Waals surface area contributed by atoms with Crippen LogP contribution in [0.2, 0.25) is 0 Å². The summed E-state index contributed by atoms with van der Waals surface area (Å²) in [7, 11) is 0. The normalized spacial score (nSPS) is 17.9. The van der Waals surface area contributed by atoms with Gasteiger partial charge in [-0.15, -0.1) is 0 Å². The van der Waals surface area contributed by atoms with Crippen molar-refractivity contribution in [3.05, 3.63) is 46.8 Å². The molecule has 0 saturated carbocycles. The Hall–Kier alpha value is -2.14. The first-order chi connectivity index (χ1) is 12.2. The second-order valence-electron chi connectivity index (χ2n) is 7.12. The van der Waals surface area contributed by atoms with Gasteiger partial charge in [0.2, 0.25) is 0 Å². The van der Waals surface area contributed by atoms with Crippen LogP contribution in [0.4, 0.5) is 0 Å². The van der Waals surface area contributed by atoms with Gasteiger partial charge in [-0.25, -0.2) is 4.68 Å². The fourth-order valence-corrected chi connectivity index (χ4v) is 3.87. The fourth-order valence-electron chi connectivity index (χ4n) is 3.87. The lowest BCUT2D eigenvalue weighted by Gasteiger charge is -2.20. The molecule has 2 heterocycles. The van der Waals surface area contributed by atoms with Crippen LogP contribution in [0.1, 0.15) is 46.6 Å². The van der Waals surface area contributed by atoms with Gasteiger partial charge < -0.3 is 10.2 Å². The van der Waals surface area contributed by atoms with Gasteiger partial charge in [0.25, 0.3) is 5.91 Å². The number of nitrogens with zero attached hydrogens (tertiary/aromatic N) is 3. The van der Waals surface area contributed by atoms with E-state index in [1.807, 2.05) is 9.58 Å². The van der Waals surface area contributed by atoms with E-state index < -0.39 is 0 Å². The minimum Gasteiger partial charge on any atom is -0.336 e. The Morgan fingerprint density at radius 2 is 1.84 bits per heavy atom. The van der Waals surface area contributed by atoms with Crippen molar-refractivity contribution >= 4 is 5.91 Å². The zero-order valence-corrected chi connectivity index (χ0v) is 14.9. The van der Waals surface area contributed by atoms with Crippen molar-refractivity contribution in [2.45, 2.75) is 39.0 Å². The van der Waals surface area contributed by atoms with Crippen molar-refractivity contribution < 1.29 is 4.79 Å². The zero-order chi connectivity index (χ0) is 17.2. The number of aryl methyl sites for hydroxylation is 1. The molecule has 1 N–H and O–H groups in total. The molecule has 1 aliphatic heterocycles. The maximum atomic E-state index is 13.1. The van der Waals surface area contributed by atoms with Crippen LogP contribution >= 0.6 is 0 Å². The van der Waals surface area contributed by atoms with Crippen molar-refractivity contribution in [2.24, 2.45) is 0 Å². The predicted molar refractivity (Wildman–Crippen MR) is 98.3 cm³/mol. The number of carbonyl (C=O) groups is 1. The van der Waals surface area contributed by atoms with E-state index >= 15 is 0 Å². The third-order valence-electron chi connectivity index (χ3n) is 5.29. The van der Waals surface area contributed by atoms with Crippen LogP contribution in [0.15, 0.2) is 24.3 Å². The summed E-state index contributed by atoms with van der Waals surface area (Å²) in [6, 6.07) is 8.41. The average Bonchev–Trinajstić information content (AvgIpc) is 2.82. The van der Waals surface area contributed by atoms with Gasteiger partial charge in [-0.1, -0.05) is 17.7 Å². The Kier molecular flexibility index (Phi) is 4.57. The van der Waals surface area contributed by atoms with Crippen molar-refractivity contribution in [1.29, 1.82) is 0 Å². The molecule has 0 unspecified atom stereocenters. The van der Waals surface area contributed by atoms with E-state index in [9.17, 15) is 4.79 Å². The van der Waals surface area contributed by atoms with Crippen LogP contribution in [0.3, 0.4) is 0 Å². The van der Waals surface area contributed by atoms with Crippen molar-refractivity contribution in [2.75, 3.05) is 26.2 Å². The van der Waals surface area contributed by atoms with Gasteiger partial charge in [-0.2, -0.15) is 5.10 Å². The van der Waals surface area contributed by atoms with E-state index in [-0.39, 0.29) is 5.91 Å². The summed E-state index contributed by atoms with van der Waals surface area (Å²) in [6.45, 7) is 5.53. The SMILES string of the molecule is Cc1ccc(-n2nc(C(=O)N3CCCNCC3)c3c2CCCC3)cc1. The molecule has 0 atom stereocenters. The van der Waals surface area contributed by atoms with Crippen LogP contribution in [-0.2, 0) is 12.8 Å². The Bertz CT molecular complexity index is 755. The molecule has 5 heteroatoms. The zero-order valence-electron chi connectivity index (χ0n) is 14.9. The Morgan fingerprint density at radius 1 is 1.04 bits per heavy atom.